The molecule has 142 valence electrons. The average Bonchev–Trinajstić information content (AvgIpc) is 2.97. The summed E-state index contributed by atoms with van der Waals surface area (Å²) in [6.45, 7) is 7.00. The highest BCUT2D eigenvalue weighted by Gasteiger charge is 2.24. The smallest absolute Gasteiger partial charge is 0.257 e. The quantitative estimate of drug-likeness (QED) is 0.779. The summed E-state index contributed by atoms with van der Waals surface area (Å²) < 4.78 is 5.23. The van der Waals surface area contributed by atoms with Gasteiger partial charge in [-0.1, -0.05) is 34.4 Å². The number of nitrogens with zero attached hydrogens (tertiary/aromatic N) is 2. The fraction of sp³-hybridized carbons (Fsp3) is 0.412. The van der Waals surface area contributed by atoms with E-state index in [1.807, 2.05) is 0 Å². The highest BCUT2D eigenvalue weighted by atomic mass is 35.5. The van der Waals surface area contributed by atoms with Gasteiger partial charge in [0.2, 0.25) is 0 Å². The number of aryl methyl sites for hydroxylation is 1. The van der Waals surface area contributed by atoms with Crippen molar-refractivity contribution < 1.29 is 9.32 Å². The van der Waals surface area contributed by atoms with E-state index in [1.54, 1.807) is 25.1 Å². The lowest BCUT2D eigenvalue weighted by molar-refractivity contribution is 0.0946. The van der Waals surface area contributed by atoms with E-state index < -0.39 is 0 Å². The number of benzene rings is 1. The van der Waals surface area contributed by atoms with E-state index in [2.05, 4.69) is 20.7 Å². The molecular weight excluding hydrogens is 399 g/mol. The molecule has 0 bridgehead atoms. The van der Waals surface area contributed by atoms with E-state index in [0.717, 1.165) is 32.7 Å². The van der Waals surface area contributed by atoms with Gasteiger partial charge >= 0.3 is 0 Å². The molecule has 1 aromatic heterocycles. The number of nitrogens with one attached hydrogen (secondary N) is 2. The lowest BCUT2D eigenvalue weighted by atomic mass is 10.1. The second-order valence-electron chi connectivity index (χ2n) is 5.91. The first kappa shape index (κ1) is 21.0. The van der Waals surface area contributed by atoms with Crippen LogP contribution in [-0.2, 0) is 0 Å². The van der Waals surface area contributed by atoms with Crippen molar-refractivity contribution in [3.05, 3.63) is 39.6 Å². The molecule has 9 heteroatoms. The van der Waals surface area contributed by atoms with Crippen LogP contribution in [0.2, 0.25) is 10.0 Å². The van der Waals surface area contributed by atoms with Crippen LogP contribution in [0.25, 0.3) is 11.3 Å². The zero-order chi connectivity index (χ0) is 17.8. The number of hydrogen-bond donors (Lipinski definition) is 2. The Labute approximate surface area is 168 Å². The van der Waals surface area contributed by atoms with Crippen LogP contribution in [0.5, 0.6) is 0 Å². The van der Waals surface area contributed by atoms with Crippen LogP contribution in [0.4, 0.5) is 0 Å². The summed E-state index contributed by atoms with van der Waals surface area (Å²) in [6.07, 6.45) is 0. The highest BCUT2D eigenvalue weighted by Crippen LogP contribution is 2.36. The van der Waals surface area contributed by atoms with Crippen molar-refractivity contribution in [2.75, 3.05) is 39.3 Å². The third-order valence-corrected chi connectivity index (χ3v) is 4.84. The summed E-state index contributed by atoms with van der Waals surface area (Å²) in [5.41, 5.74) is 1.25. The van der Waals surface area contributed by atoms with Crippen LogP contribution in [0.15, 0.2) is 22.7 Å². The summed E-state index contributed by atoms with van der Waals surface area (Å²) >= 11 is 12.5. The van der Waals surface area contributed by atoms with Gasteiger partial charge in [0.1, 0.15) is 17.0 Å². The summed E-state index contributed by atoms with van der Waals surface area (Å²) in [4.78, 5) is 15.0. The van der Waals surface area contributed by atoms with Crippen molar-refractivity contribution in [3.63, 3.8) is 0 Å². The van der Waals surface area contributed by atoms with Gasteiger partial charge in [-0.25, -0.2) is 0 Å². The van der Waals surface area contributed by atoms with Gasteiger partial charge in [0.05, 0.1) is 10.0 Å². The van der Waals surface area contributed by atoms with Crippen molar-refractivity contribution in [1.82, 2.24) is 20.7 Å². The Morgan fingerprint density at radius 2 is 1.96 bits per heavy atom. The number of halogens is 3. The van der Waals surface area contributed by atoms with Crippen LogP contribution in [0.1, 0.15) is 16.1 Å². The van der Waals surface area contributed by atoms with E-state index in [0.29, 0.717) is 39.2 Å². The van der Waals surface area contributed by atoms with E-state index >= 15 is 0 Å². The van der Waals surface area contributed by atoms with Gasteiger partial charge < -0.3 is 15.2 Å². The molecule has 0 radical (unpaired) electrons. The minimum absolute atomic E-state index is 0. The maximum Gasteiger partial charge on any atom is 0.257 e. The molecule has 0 saturated carbocycles. The van der Waals surface area contributed by atoms with Crippen molar-refractivity contribution in [2.45, 2.75) is 6.92 Å². The molecule has 2 N–H and O–H groups in total. The monoisotopic (exact) mass is 418 g/mol. The third kappa shape index (κ3) is 4.69. The lowest BCUT2D eigenvalue weighted by Gasteiger charge is -2.27. The van der Waals surface area contributed by atoms with Gasteiger partial charge in [-0.05, 0) is 19.1 Å². The number of carbonyl (C=O) groups is 1. The standard InChI is InChI=1S/C17H20Cl2N4O2.ClH/c1-11-14(17(24)21-7-10-23-8-5-20-6-9-23)16(22-25-11)15-12(18)3-2-4-13(15)19;/h2-4,20H,5-10H2,1H3,(H,21,24);1H. The molecule has 1 fully saturated rings. The zero-order valence-electron chi connectivity index (χ0n) is 14.3. The SMILES string of the molecule is Cc1onc(-c2c(Cl)cccc2Cl)c1C(=O)NCCN1CCNCC1.Cl. The minimum atomic E-state index is -0.236. The summed E-state index contributed by atoms with van der Waals surface area (Å²) in [6, 6.07) is 5.16. The molecule has 26 heavy (non-hydrogen) atoms. The number of aromatic nitrogens is 1. The fourth-order valence-corrected chi connectivity index (χ4v) is 3.46. The van der Waals surface area contributed by atoms with Crippen molar-refractivity contribution in [1.29, 1.82) is 0 Å². The Balaban J connectivity index is 0.00000243. The van der Waals surface area contributed by atoms with Crippen LogP contribution in [0, 0.1) is 6.92 Å². The van der Waals surface area contributed by atoms with Gasteiger partial charge in [0.25, 0.3) is 5.91 Å². The molecule has 3 rings (SSSR count). The van der Waals surface area contributed by atoms with Crippen LogP contribution >= 0.6 is 35.6 Å². The van der Waals surface area contributed by atoms with Gasteiger partial charge in [-0.15, -0.1) is 12.4 Å². The zero-order valence-corrected chi connectivity index (χ0v) is 16.7. The molecule has 0 aliphatic carbocycles. The summed E-state index contributed by atoms with van der Waals surface area (Å²) in [7, 11) is 0. The van der Waals surface area contributed by atoms with E-state index in [-0.39, 0.29) is 18.3 Å². The van der Waals surface area contributed by atoms with Crippen LogP contribution in [0.3, 0.4) is 0 Å². The van der Waals surface area contributed by atoms with Gasteiger partial charge in [-0.3, -0.25) is 9.69 Å². The number of amides is 1. The molecule has 1 amide bonds. The molecule has 1 aromatic carbocycles. The van der Waals surface area contributed by atoms with Gasteiger partial charge in [-0.2, -0.15) is 0 Å². The Morgan fingerprint density at radius 3 is 2.62 bits per heavy atom. The Morgan fingerprint density at radius 1 is 1.31 bits per heavy atom. The third-order valence-electron chi connectivity index (χ3n) is 4.21. The van der Waals surface area contributed by atoms with Crippen LogP contribution in [-0.4, -0.2) is 55.2 Å². The van der Waals surface area contributed by atoms with Crippen LogP contribution < -0.4 is 10.6 Å². The molecule has 6 nitrogen and oxygen atoms in total. The Hall–Kier alpha value is -1.31. The predicted molar refractivity (Wildman–Crippen MR) is 106 cm³/mol. The maximum atomic E-state index is 12.7. The van der Waals surface area contributed by atoms with Gasteiger partial charge in [0.15, 0.2) is 0 Å². The van der Waals surface area contributed by atoms with Crippen molar-refractivity contribution >= 4 is 41.5 Å². The lowest BCUT2D eigenvalue weighted by Crippen LogP contribution is -2.46. The summed E-state index contributed by atoms with van der Waals surface area (Å²) in [5.74, 6) is 0.200. The first-order valence-electron chi connectivity index (χ1n) is 8.20. The van der Waals surface area contributed by atoms with Crippen molar-refractivity contribution in [3.8, 4) is 11.3 Å². The Bertz CT molecular complexity index is 740. The molecule has 0 unspecified atom stereocenters. The molecule has 0 atom stereocenters. The average molecular weight is 420 g/mol. The molecule has 1 saturated heterocycles. The number of carbonyl (C=O) groups excluding carboxylic acids is 1. The maximum absolute atomic E-state index is 12.7. The Kier molecular flexibility index (Phi) is 7.73. The molecular formula is C17H21Cl3N4O2. The summed E-state index contributed by atoms with van der Waals surface area (Å²) in [5, 5.41) is 11.1. The largest absolute Gasteiger partial charge is 0.360 e. The predicted octanol–water partition coefficient (Wildman–Crippen LogP) is 3.01. The van der Waals surface area contributed by atoms with Crippen molar-refractivity contribution in [2.24, 2.45) is 0 Å². The first-order valence-corrected chi connectivity index (χ1v) is 8.95. The second-order valence-corrected chi connectivity index (χ2v) is 6.72. The molecule has 2 aromatic rings. The molecule has 1 aliphatic rings. The number of piperazine rings is 1. The van der Waals surface area contributed by atoms with Gasteiger partial charge in [0, 0.05) is 44.8 Å². The van der Waals surface area contributed by atoms with E-state index in [9.17, 15) is 4.79 Å². The number of rotatable bonds is 5. The highest BCUT2D eigenvalue weighted by molar-refractivity contribution is 6.39. The van der Waals surface area contributed by atoms with E-state index in [4.69, 9.17) is 27.7 Å². The minimum Gasteiger partial charge on any atom is -0.360 e. The normalized spacial score (nSPS) is 14.7. The fourth-order valence-electron chi connectivity index (χ4n) is 2.88. The van der Waals surface area contributed by atoms with E-state index in [1.165, 1.54) is 0 Å². The molecule has 1 aliphatic heterocycles. The topological polar surface area (TPSA) is 70.4 Å². The number of hydrogen-bond acceptors (Lipinski definition) is 5. The molecule has 0 spiro atoms. The second kappa shape index (κ2) is 9.58. The first-order chi connectivity index (χ1) is 12.1. The molecule has 2 heterocycles.